The zero-order valence-corrected chi connectivity index (χ0v) is 9.45. The van der Waals surface area contributed by atoms with Gasteiger partial charge in [0.05, 0.1) is 12.7 Å². The molecule has 2 rings (SSSR count). The Labute approximate surface area is 95.3 Å². The number of carbonyl (C=O) groups excluding carboxylic acids is 1. The zero-order chi connectivity index (χ0) is 11.6. The molecule has 3 atom stereocenters. The van der Waals surface area contributed by atoms with Gasteiger partial charge in [-0.1, -0.05) is 6.42 Å². The molecule has 16 heavy (non-hydrogen) atoms. The third-order valence-electron chi connectivity index (χ3n) is 3.65. The van der Waals surface area contributed by atoms with Crippen molar-refractivity contribution in [1.82, 2.24) is 5.32 Å². The summed E-state index contributed by atoms with van der Waals surface area (Å²) < 4.78 is 5.14. The van der Waals surface area contributed by atoms with Gasteiger partial charge in [-0.3, -0.25) is 4.79 Å². The SMILES string of the molecule is NC1(C(=O)NCC2CCCC2O)CCOC1. The molecule has 1 saturated heterocycles. The molecule has 0 aromatic rings. The Kier molecular flexibility index (Phi) is 3.47. The van der Waals surface area contributed by atoms with Crippen LogP contribution in [0.1, 0.15) is 25.7 Å². The van der Waals surface area contributed by atoms with E-state index in [1.807, 2.05) is 0 Å². The Morgan fingerprint density at radius 2 is 2.38 bits per heavy atom. The lowest BCUT2D eigenvalue weighted by atomic mass is 9.98. The van der Waals surface area contributed by atoms with E-state index in [1.165, 1.54) is 0 Å². The predicted molar refractivity (Wildman–Crippen MR) is 58.7 cm³/mol. The van der Waals surface area contributed by atoms with Crippen LogP contribution in [0.4, 0.5) is 0 Å². The Morgan fingerprint density at radius 1 is 1.56 bits per heavy atom. The molecule has 1 aliphatic heterocycles. The van der Waals surface area contributed by atoms with E-state index < -0.39 is 5.54 Å². The van der Waals surface area contributed by atoms with Crippen molar-refractivity contribution in [3.63, 3.8) is 0 Å². The highest BCUT2D eigenvalue weighted by atomic mass is 16.5. The van der Waals surface area contributed by atoms with Gasteiger partial charge in [0.15, 0.2) is 0 Å². The molecule has 0 aromatic heterocycles. The van der Waals surface area contributed by atoms with E-state index >= 15 is 0 Å². The molecule has 0 spiro atoms. The van der Waals surface area contributed by atoms with Crippen LogP contribution in [0.5, 0.6) is 0 Å². The van der Waals surface area contributed by atoms with Crippen LogP contribution >= 0.6 is 0 Å². The maximum atomic E-state index is 11.8. The van der Waals surface area contributed by atoms with Crippen LogP contribution in [0.25, 0.3) is 0 Å². The Bertz CT molecular complexity index is 264. The van der Waals surface area contributed by atoms with Crippen molar-refractivity contribution in [3.05, 3.63) is 0 Å². The number of nitrogens with one attached hydrogen (secondary N) is 1. The van der Waals surface area contributed by atoms with Crippen molar-refractivity contribution >= 4 is 5.91 Å². The first-order valence-corrected chi connectivity index (χ1v) is 5.95. The van der Waals surface area contributed by atoms with E-state index in [0.717, 1.165) is 19.3 Å². The van der Waals surface area contributed by atoms with Gasteiger partial charge in [0, 0.05) is 19.1 Å². The second kappa shape index (κ2) is 4.69. The van der Waals surface area contributed by atoms with E-state index in [1.54, 1.807) is 0 Å². The van der Waals surface area contributed by atoms with E-state index in [-0.39, 0.29) is 17.9 Å². The second-order valence-corrected chi connectivity index (χ2v) is 4.93. The molecule has 0 aromatic carbocycles. The predicted octanol–water partition coefficient (Wildman–Crippen LogP) is -0.619. The standard InChI is InChI=1S/C11H20N2O3/c12-11(4-5-16-7-11)10(15)13-6-8-2-1-3-9(8)14/h8-9,14H,1-7,12H2,(H,13,15). The van der Waals surface area contributed by atoms with E-state index in [0.29, 0.717) is 26.2 Å². The molecule has 0 radical (unpaired) electrons. The second-order valence-electron chi connectivity index (χ2n) is 4.93. The first kappa shape index (κ1) is 11.8. The summed E-state index contributed by atoms with van der Waals surface area (Å²) in [5, 5.41) is 12.5. The molecule has 0 bridgehead atoms. The number of aliphatic hydroxyl groups excluding tert-OH is 1. The lowest BCUT2D eigenvalue weighted by Crippen LogP contribution is -2.55. The molecule has 1 saturated carbocycles. The van der Waals surface area contributed by atoms with E-state index in [2.05, 4.69) is 5.32 Å². The van der Waals surface area contributed by atoms with Crippen LogP contribution in [0.3, 0.4) is 0 Å². The minimum Gasteiger partial charge on any atom is -0.393 e. The van der Waals surface area contributed by atoms with Crippen LogP contribution < -0.4 is 11.1 Å². The average Bonchev–Trinajstić information content (AvgIpc) is 2.85. The summed E-state index contributed by atoms with van der Waals surface area (Å²) in [5.74, 6) is 0.0407. The zero-order valence-electron chi connectivity index (χ0n) is 9.45. The molecule has 3 unspecified atom stereocenters. The maximum Gasteiger partial charge on any atom is 0.242 e. The highest BCUT2D eigenvalue weighted by molar-refractivity contribution is 5.86. The fraction of sp³-hybridized carbons (Fsp3) is 0.909. The van der Waals surface area contributed by atoms with Crippen LogP contribution in [0, 0.1) is 5.92 Å². The van der Waals surface area contributed by atoms with Crippen molar-refractivity contribution < 1.29 is 14.6 Å². The van der Waals surface area contributed by atoms with Crippen molar-refractivity contribution in [2.45, 2.75) is 37.3 Å². The van der Waals surface area contributed by atoms with Gasteiger partial charge < -0.3 is 20.9 Å². The number of hydrogen-bond acceptors (Lipinski definition) is 4. The van der Waals surface area contributed by atoms with Crippen molar-refractivity contribution in [1.29, 1.82) is 0 Å². The summed E-state index contributed by atoms with van der Waals surface area (Å²) in [7, 11) is 0. The average molecular weight is 228 g/mol. The molecular weight excluding hydrogens is 208 g/mol. The fourth-order valence-electron chi connectivity index (χ4n) is 2.42. The van der Waals surface area contributed by atoms with E-state index in [4.69, 9.17) is 10.5 Å². The van der Waals surface area contributed by atoms with Gasteiger partial charge >= 0.3 is 0 Å². The Balaban J connectivity index is 1.79. The van der Waals surface area contributed by atoms with Gasteiger partial charge in [-0.05, 0) is 19.3 Å². The Morgan fingerprint density at radius 3 is 2.94 bits per heavy atom. The summed E-state index contributed by atoms with van der Waals surface area (Å²) in [6.07, 6.45) is 3.17. The lowest BCUT2D eigenvalue weighted by molar-refractivity contribution is -0.126. The van der Waals surface area contributed by atoms with Gasteiger partial charge in [-0.15, -0.1) is 0 Å². The van der Waals surface area contributed by atoms with Crippen LogP contribution in [0.2, 0.25) is 0 Å². The number of carbonyl (C=O) groups is 1. The maximum absolute atomic E-state index is 11.8. The smallest absolute Gasteiger partial charge is 0.242 e. The molecule has 4 N–H and O–H groups in total. The molecule has 1 aliphatic carbocycles. The van der Waals surface area contributed by atoms with Crippen molar-refractivity contribution in [2.75, 3.05) is 19.8 Å². The molecular formula is C11H20N2O3. The number of rotatable bonds is 3. The largest absolute Gasteiger partial charge is 0.393 e. The lowest BCUT2D eigenvalue weighted by Gasteiger charge is -2.23. The van der Waals surface area contributed by atoms with Crippen molar-refractivity contribution in [3.8, 4) is 0 Å². The van der Waals surface area contributed by atoms with E-state index in [9.17, 15) is 9.90 Å². The van der Waals surface area contributed by atoms with Crippen molar-refractivity contribution in [2.24, 2.45) is 11.7 Å². The first-order chi connectivity index (χ1) is 7.62. The summed E-state index contributed by atoms with van der Waals surface area (Å²) >= 11 is 0. The highest BCUT2D eigenvalue weighted by Gasteiger charge is 2.38. The molecule has 5 nitrogen and oxygen atoms in total. The number of aliphatic hydroxyl groups is 1. The normalized spacial score (nSPS) is 38.9. The van der Waals surface area contributed by atoms with Gasteiger partial charge in [-0.25, -0.2) is 0 Å². The topological polar surface area (TPSA) is 84.6 Å². The Hall–Kier alpha value is -0.650. The first-order valence-electron chi connectivity index (χ1n) is 5.95. The molecule has 92 valence electrons. The van der Waals surface area contributed by atoms with Gasteiger partial charge in [0.1, 0.15) is 5.54 Å². The van der Waals surface area contributed by atoms with Crippen LogP contribution in [-0.2, 0) is 9.53 Å². The monoisotopic (exact) mass is 228 g/mol. The number of amides is 1. The molecule has 1 amide bonds. The van der Waals surface area contributed by atoms with Gasteiger partial charge in [-0.2, -0.15) is 0 Å². The summed E-state index contributed by atoms with van der Waals surface area (Å²) in [4.78, 5) is 11.8. The molecule has 2 aliphatic rings. The number of nitrogens with two attached hydrogens (primary N) is 1. The van der Waals surface area contributed by atoms with Gasteiger partial charge in [0.25, 0.3) is 0 Å². The molecule has 2 fully saturated rings. The fourth-order valence-corrected chi connectivity index (χ4v) is 2.42. The minimum atomic E-state index is -0.858. The van der Waals surface area contributed by atoms with Crippen LogP contribution in [0.15, 0.2) is 0 Å². The summed E-state index contributed by atoms with van der Waals surface area (Å²) in [6, 6.07) is 0. The minimum absolute atomic E-state index is 0.149. The van der Waals surface area contributed by atoms with Crippen LogP contribution in [-0.4, -0.2) is 42.4 Å². The van der Waals surface area contributed by atoms with Gasteiger partial charge in [0.2, 0.25) is 5.91 Å². The third-order valence-corrected chi connectivity index (χ3v) is 3.65. The molecule has 5 heteroatoms. The highest BCUT2D eigenvalue weighted by Crippen LogP contribution is 2.25. The molecule has 1 heterocycles. The summed E-state index contributed by atoms with van der Waals surface area (Å²) in [6.45, 7) is 1.38. The summed E-state index contributed by atoms with van der Waals surface area (Å²) in [5.41, 5.74) is 5.06. The number of hydrogen-bond donors (Lipinski definition) is 3. The third kappa shape index (κ3) is 2.36. The number of ether oxygens (including phenoxy) is 1. The quantitative estimate of drug-likeness (QED) is 0.601.